The van der Waals surface area contributed by atoms with Crippen LogP contribution in [0.1, 0.15) is 34.1 Å². The molecule has 1 heterocycles. The van der Waals surface area contributed by atoms with Gasteiger partial charge in [0.25, 0.3) is 5.91 Å². The second kappa shape index (κ2) is 9.39. The third-order valence-electron chi connectivity index (χ3n) is 4.41. The molecule has 1 amide bonds. The lowest BCUT2D eigenvalue weighted by molar-refractivity contribution is -0.129. The Morgan fingerprint density at radius 3 is 2.28 bits per heavy atom. The number of carbonyl (C=O) groups is 2. The minimum Gasteiger partial charge on any atom is -0.449 e. The number of carbonyl (C=O) groups excluding carboxylic acids is 2. The van der Waals surface area contributed by atoms with Gasteiger partial charge in [-0.05, 0) is 25.0 Å². The zero-order chi connectivity index (χ0) is 20.8. The zero-order valence-corrected chi connectivity index (χ0v) is 17.0. The molecule has 0 unspecified atom stereocenters. The van der Waals surface area contributed by atoms with E-state index in [2.05, 4.69) is 10.4 Å². The molecule has 0 aliphatic carbocycles. The van der Waals surface area contributed by atoms with E-state index in [-0.39, 0.29) is 16.6 Å². The fourth-order valence-electron chi connectivity index (χ4n) is 2.85. The van der Waals surface area contributed by atoms with Crippen LogP contribution in [0.5, 0.6) is 0 Å². The normalized spacial score (nSPS) is 11.7. The highest BCUT2D eigenvalue weighted by Crippen LogP contribution is 2.22. The third kappa shape index (κ3) is 5.23. The Morgan fingerprint density at radius 2 is 1.66 bits per heavy atom. The van der Waals surface area contributed by atoms with Crippen LogP contribution in [-0.4, -0.2) is 27.8 Å². The summed E-state index contributed by atoms with van der Waals surface area (Å²) in [4.78, 5) is 24.9. The highest BCUT2D eigenvalue weighted by Gasteiger charge is 2.25. The molecular formula is C22H22ClN3O3. The van der Waals surface area contributed by atoms with Crippen LogP contribution in [-0.2, 0) is 22.6 Å². The van der Waals surface area contributed by atoms with E-state index in [0.717, 1.165) is 11.1 Å². The second-order valence-electron chi connectivity index (χ2n) is 6.65. The molecule has 1 atom stereocenters. The quantitative estimate of drug-likeness (QED) is 0.601. The zero-order valence-electron chi connectivity index (χ0n) is 16.3. The first-order valence-electron chi connectivity index (χ1n) is 9.25. The standard InChI is InChI=1S/C22H22ClN3O3/c1-15-19(20(23)26(25-15)14-18-11-7-4-8-12-18)22(28)29-16(2)21(27)24-13-17-9-5-3-6-10-17/h3-12,16H,13-14H2,1-2H3,(H,24,27)/t16-/m1/s1. The monoisotopic (exact) mass is 411 g/mol. The van der Waals surface area contributed by atoms with Crippen LogP contribution >= 0.6 is 11.6 Å². The molecule has 29 heavy (non-hydrogen) atoms. The molecule has 0 spiro atoms. The number of nitrogens with zero attached hydrogens (tertiary/aromatic N) is 2. The minimum absolute atomic E-state index is 0.172. The van der Waals surface area contributed by atoms with E-state index in [1.54, 1.807) is 11.6 Å². The summed E-state index contributed by atoms with van der Waals surface area (Å²) in [7, 11) is 0. The molecule has 0 aliphatic rings. The van der Waals surface area contributed by atoms with Crippen LogP contribution in [0.15, 0.2) is 60.7 Å². The number of benzene rings is 2. The molecule has 1 N–H and O–H groups in total. The fourth-order valence-corrected chi connectivity index (χ4v) is 3.16. The summed E-state index contributed by atoms with van der Waals surface area (Å²) in [5.41, 5.74) is 2.59. The van der Waals surface area contributed by atoms with Crippen LogP contribution in [0.3, 0.4) is 0 Å². The Bertz CT molecular complexity index is 987. The smallest absolute Gasteiger partial charge is 0.343 e. The molecule has 0 bridgehead atoms. The number of ether oxygens (including phenoxy) is 1. The SMILES string of the molecule is Cc1nn(Cc2ccccc2)c(Cl)c1C(=O)O[C@H](C)C(=O)NCc1ccccc1. The van der Waals surface area contributed by atoms with Gasteiger partial charge in [-0.2, -0.15) is 5.10 Å². The highest BCUT2D eigenvalue weighted by molar-refractivity contribution is 6.32. The Hall–Kier alpha value is -3.12. The molecular weight excluding hydrogens is 390 g/mol. The topological polar surface area (TPSA) is 73.2 Å². The van der Waals surface area contributed by atoms with E-state index >= 15 is 0 Å². The van der Waals surface area contributed by atoms with Crippen LogP contribution < -0.4 is 5.32 Å². The Balaban J connectivity index is 1.63. The van der Waals surface area contributed by atoms with Gasteiger partial charge in [0.1, 0.15) is 10.7 Å². The van der Waals surface area contributed by atoms with E-state index in [1.165, 1.54) is 6.92 Å². The number of rotatable bonds is 7. The maximum absolute atomic E-state index is 12.6. The molecule has 3 aromatic rings. The number of esters is 1. The molecule has 0 fully saturated rings. The number of hydrogen-bond acceptors (Lipinski definition) is 4. The van der Waals surface area contributed by atoms with Gasteiger partial charge in [-0.25, -0.2) is 9.48 Å². The van der Waals surface area contributed by atoms with Crippen molar-refractivity contribution in [1.29, 1.82) is 0 Å². The molecule has 0 saturated carbocycles. The highest BCUT2D eigenvalue weighted by atomic mass is 35.5. The number of aryl methyl sites for hydroxylation is 1. The van der Waals surface area contributed by atoms with Gasteiger partial charge in [0.2, 0.25) is 0 Å². The van der Waals surface area contributed by atoms with Crippen LogP contribution in [0, 0.1) is 6.92 Å². The predicted octanol–water partition coefficient (Wildman–Crippen LogP) is 3.75. The summed E-state index contributed by atoms with van der Waals surface area (Å²) in [5, 5.41) is 7.28. The Kier molecular flexibility index (Phi) is 6.67. The van der Waals surface area contributed by atoms with Crippen molar-refractivity contribution < 1.29 is 14.3 Å². The Morgan fingerprint density at radius 1 is 1.07 bits per heavy atom. The fraction of sp³-hybridized carbons (Fsp3) is 0.227. The largest absolute Gasteiger partial charge is 0.449 e. The molecule has 150 valence electrons. The summed E-state index contributed by atoms with van der Waals surface area (Å²) < 4.78 is 6.87. The van der Waals surface area contributed by atoms with Crippen molar-refractivity contribution in [3.05, 3.63) is 88.2 Å². The van der Waals surface area contributed by atoms with Crippen molar-refractivity contribution in [2.24, 2.45) is 0 Å². The third-order valence-corrected chi connectivity index (χ3v) is 4.79. The number of hydrogen-bond donors (Lipinski definition) is 1. The van der Waals surface area contributed by atoms with Gasteiger partial charge in [0, 0.05) is 6.54 Å². The first kappa shape index (κ1) is 20.6. The van der Waals surface area contributed by atoms with Crippen molar-refractivity contribution in [2.75, 3.05) is 0 Å². The van der Waals surface area contributed by atoms with Crippen LogP contribution in [0.2, 0.25) is 5.15 Å². The van der Waals surface area contributed by atoms with Crippen molar-refractivity contribution in [3.63, 3.8) is 0 Å². The average molecular weight is 412 g/mol. The summed E-state index contributed by atoms with van der Waals surface area (Å²) in [6.07, 6.45) is -0.959. The molecule has 7 heteroatoms. The van der Waals surface area contributed by atoms with Gasteiger partial charge >= 0.3 is 5.97 Å². The lowest BCUT2D eigenvalue weighted by Crippen LogP contribution is -2.35. The van der Waals surface area contributed by atoms with Gasteiger partial charge in [-0.15, -0.1) is 0 Å². The molecule has 0 aliphatic heterocycles. The first-order chi connectivity index (χ1) is 14.0. The van der Waals surface area contributed by atoms with Crippen LogP contribution in [0.25, 0.3) is 0 Å². The lowest BCUT2D eigenvalue weighted by atomic mass is 10.2. The maximum atomic E-state index is 12.6. The summed E-state index contributed by atoms with van der Waals surface area (Å²) in [5.74, 6) is -1.05. The summed E-state index contributed by atoms with van der Waals surface area (Å²) in [6.45, 7) is 4.00. The van der Waals surface area contributed by atoms with Crippen molar-refractivity contribution in [2.45, 2.75) is 33.0 Å². The van der Waals surface area contributed by atoms with E-state index in [0.29, 0.717) is 18.8 Å². The second-order valence-corrected chi connectivity index (χ2v) is 7.00. The van der Waals surface area contributed by atoms with E-state index in [9.17, 15) is 9.59 Å². The molecule has 6 nitrogen and oxygen atoms in total. The lowest BCUT2D eigenvalue weighted by Gasteiger charge is -2.13. The molecule has 2 aromatic carbocycles. The van der Waals surface area contributed by atoms with Gasteiger partial charge in [0.05, 0.1) is 12.2 Å². The molecule has 0 saturated heterocycles. The summed E-state index contributed by atoms with van der Waals surface area (Å²) >= 11 is 6.38. The average Bonchev–Trinajstić information content (AvgIpc) is 3.00. The van der Waals surface area contributed by atoms with Crippen molar-refractivity contribution in [3.8, 4) is 0 Å². The van der Waals surface area contributed by atoms with Crippen LogP contribution in [0.4, 0.5) is 0 Å². The van der Waals surface area contributed by atoms with Gasteiger partial charge < -0.3 is 10.1 Å². The van der Waals surface area contributed by atoms with Gasteiger partial charge in [-0.3, -0.25) is 4.79 Å². The molecule has 0 radical (unpaired) electrons. The molecule has 3 rings (SSSR count). The maximum Gasteiger partial charge on any atom is 0.343 e. The predicted molar refractivity (Wildman–Crippen MR) is 111 cm³/mol. The van der Waals surface area contributed by atoms with Crippen molar-refractivity contribution >= 4 is 23.5 Å². The van der Waals surface area contributed by atoms with Gasteiger partial charge in [-0.1, -0.05) is 72.3 Å². The van der Waals surface area contributed by atoms with Gasteiger partial charge in [0.15, 0.2) is 6.10 Å². The number of amides is 1. The number of aromatic nitrogens is 2. The first-order valence-corrected chi connectivity index (χ1v) is 9.63. The molecule has 1 aromatic heterocycles. The Labute approximate surface area is 174 Å². The van der Waals surface area contributed by atoms with E-state index in [4.69, 9.17) is 16.3 Å². The summed E-state index contributed by atoms with van der Waals surface area (Å²) in [6, 6.07) is 19.2. The van der Waals surface area contributed by atoms with E-state index in [1.807, 2.05) is 60.7 Å². The van der Waals surface area contributed by atoms with Crippen molar-refractivity contribution in [1.82, 2.24) is 15.1 Å². The minimum atomic E-state index is -0.959. The number of nitrogens with one attached hydrogen (secondary N) is 1. The van der Waals surface area contributed by atoms with E-state index < -0.39 is 12.1 Å². The number of halogens is 1.